The van der Waals surface area contributed by atoms with Crippen molar-refractivity contribution in [2.24, 2.45) is 0 Å². The van der Waals surface area contributed by atoms with Crippen LogP contribution in [0.15, 0.2) is 121 Å². The molecule has 54 heavy (non-hydrogen) atoms. The van der Waals surface area contributed by atoms with E-state index in [1.54, 1.807) is 19.2 Å². The number of hydrogen-bond donors (Lipinski definition) is 0. The SMILES string of the molecule is CCC1(CC)c2cc(F)ccc2-c2c1c1c(c3cc(F)ccc23)OC(c2ccc(OC)cc2)(c2ccc3c(c2)C(C)(C)c2ccc4ccccc4c2-3)C=C1. The van der Waals surface area contributed by atoms with Crippen molar-refractivity contribution in [1.82, 2.24) is 0 Å². The van der Waals surface area contributed by atoms with E-state index in [2.05, 4.69) is 107 Å². The zero-order valence-corrected chi connectivity index (χ0v) is 31.1. The molecule has 266 valence electrons. The van der Waals surface area contributed by atoms with E-state index in [-0.39, 0.29) is 17.0 Å². The topological polar surface area (TPSA) is 18.5 Å². The summed E-state index contributed by atoms with van der Waals surface area (Å²) in [5, 5.41) is 4.07. The van der Waals surface area contributed by atoms with Crippen LogP contribution < -0.4 is 9.47 Å². The van der Waals surface area contributed by atoms with Crippen molar-refractivity contribution in [2.75, 3.05) is 7.11 Å². The molecule has 1 unspecified atom stereocenters. The highest BCUT2D eigenvalue weighted by molar-refractivity contribution is 6.09. The highest BCUT2D eigenvalue weighted by Gasteiger charge is 2.48. The number of halogens is 2. The lowest BCUT2D eigenvalue weighted by Gasteiger charge is -2.40. The van der Waals surface area contributed by atoms with Crippen LogP contribution in [-0.2, 0) is 16.4 Å². The fourth-order valence-corrected chi connectivity index (χ4v) is 10.2. The highest BCUT2D eigenvalue weighted by Crippen LogP contribution is 2.61. The van der Waals surface area contributed by atoms with Gasteiger partial charge in [-0.3, -0.25) is 0 Å². The summed E-state index contributed by atoms with van der Waals surface area (Å²) < 4.78 is 43.7. The van der Waals surface area contributed by atoms with Crippen LogP contribution in [0.2, 0.25) is 0 Å². The number of fused-ring (bicyclic) bond motifs is 13. The summed E-state index contributed by atoms with van der Waals surface area (Å²) in [6, 6.07) is 38.1. The first kappa shape index (κ1) is 32.9. The van der Waals surface area contributed by atoms with E-state index in [1.807, 2.05) is 24.3 Å². The van der Waals surface area contributed by atoms with Crippen LogP contribution in [0.3, 0.4) is 0 Å². The second-order valence-electron chi connectivity index (χ2n) is 15.7. The molecule has 1 atom stereocenters. The van der Waals surface area contributed by atoms with Crippen molar-refractivity contribution >= 4 is 27.6 Å². The van der Waals surface area contributed by atoms with Crippen LogP contribution >= 0.6 is 0 Å². The average Bonchev–Trinajstić information content (AvgIpc) is 3.62. The van der Waals surface area contributed by atoms with E-state index in [4.69, 9.17) is 9.47 Å². The lowest BCUT2D eigenvalue weighted by atomic mass is 9.71. The third-order valence-corrected chi connectivity index (χ3v) is 13.0. The maximum atomic E-state index is 15.5. The van der Waals surface area contributed by atoms with Gasteiger partial charge in [0, 0.05) is 32.9 Å². The van der Waals surface area contributed by atoms with Gasteiger partial charge in [-0.1, -0.05) is 107 Å². The first-order valence-electron chi connectivity index (χ1n) is 19.0. The van der Waals surface area contributed by atoms with Gasteiger partial charge in [0.2, 0.25) is 0 Å². The van der Waals surface area contributed by atoms with Crippen LogP contribution in [0.5, 0.6) is 11.5 Å². The minimum absolute atomic E-state index is 0.253. The highest BCUT2D eigenvalue weighted by atomic mass is 19.1. The number of benzene rings is 7. The van der Waals surface area contributed by atoms with Gasteiger partial charge in [0.05, 0.1) is 7.11 Å². The average molecular weight is 711 g/mol. The van der Waals surface area contributed by atoms with E-state index in [9.17, 15) is 0 Å². The van der Waals surface area contributed by atoms with Crippen LogP contribution in [0, 0.1) is 11.6 Å². The smallest absolute Gasteiger partial charge is 0.178 e. The molecule has 4 heteroatoms. The summed E-state index contributed by atoms with van der Waals surface area (Å²) in [6.45, 7) is 8.96. The van der Waals surface area contributed by atoms with Gasteiger partial charge < -0.3 is 9.47 Å². The van der Waals surface area contributed by atoms with Crippen LogP contribution in [0.25, 0.3) is 49.9 Å². The van der Waals surface area contributed by atoms with E-state index >= 15 is 8.78 Å². The fraction of sp³-hybridized carbons (Fsp3) is 0.200. The van der Waals surface area contributed by atoms with Crippen molar-refractivity contribution in [3.63, 3.8) is 0 Å². The molecule has 0 radical (unpaired) electrons. The number of hydrogen-bond acceptors (Lipinski definition) is 2. The normalized spacial score (nSPS) is 18.1. The van der Waals surface area contributed by atoms with Gasteiger partial charge >= 0.3 is 0 Å². The lowest BCUT2D eigenvalue weighted by molar-refractivity contribution is 0.163. The predicted octanol–water partition coefficient (Wildman–Crippen LogP) is 13.0. The molecule has 3 aliphatic rings. The van der Waals surface area contributed by atoms with E-state index in [0.717, 1.165) is 62.9 Å². The Balaban J connectivity index is 1.26. The summed E-state index contributed by atoms with van der Waals surface area (Å²) in [6.07, 6.45) is 5.92. The van der Waals surface area contributed by atoms with E-state index in [0.29, 0.717) is 11.1 Å². The Hall–Kier alpha value is -5.74. The molecule has 7 aromatic carbocycles. The molecular formula is C50H40F2O2. The van der Waals surface area contributed by atoms with Gasteiger partial charge in [0.15, 0.2) is 5.60 Å². The molecule has 2 nitrogen and oxygen atoms in total. The zero-order chi connectivity index (χ0) is 37.1. The minimum Gasteiger partial charge on any atom is -0.497 e. The molecule has 0 N–H and O–H groups in total. The van der Waals surface area contributed by atoms with Crippen molar-refractivity contribution in [1.29, 1.82) is 0 Å². The van der Waals surface area contributed by atoms with Crippen molar-refractivity contribution in [2.45, 2.75) is 57.0 Å². The monoisotopic (exact) mass is 710 g/mol. The largest absolute Gasteiger partial charge is 0.497 e. The molecule has 0 saturated carbocycles. The van der Waals surface area contributed by atoms with Gasteiger partial charge in [0.1, 0.15) is 23.1 Å². The Morgan fingerprint density at radius 1 is 0.630 bits per heavy atom. The molecule has 0 aromatic heterocycles. The van der Waals surface area contributed by atoms with Gasteiger partial charge in [-0.2, -0.15) is 0 Å². The number of rotatable bonds is 5. The Labute approximate surface area is 314 Å². The third-order valence-electron chi connectivity index (χ3n) is 13.0. The second-order valence-corrected chi connectivity index (χ2v) is 15.7. The van der Waals surface area contributed by atoms with Crippen molar-refractivity contribution in [3.8, 4) is 33.8 Å². The summed E-state index contributed by atoms with van der Waals surface area (Å²) >= 11 is 0. The van der Waals surface area contributed by atoms with Crippen LogP contribution in [-0.4, -0.2) is 7.11 Å². The first-order chi connectivity index (χ1) is 26.1. The number of methoxy groups -OCH3 is 1. The molecule has 0 amide bonds. The van der Waals surface area contributed by atoms with Crippen LogP contribution in [0.4, 0.5) is 8.78 Å². The molecule has 0 saturated heterocycles. The molecular weight excluding hydrogens is 671 g/mol. The molecule has 7 aromatic rings. The zero-order valence-electron chi connectivity index (χ0n) is 31.1. The maximum absolute atomic E-state index is 15.5. The molecule has 1 heterocycles. The minimum atomic E-state index is -1.06. The summed E-state index contributed by atoms with van der Waals surface area (Å²) in [5.41, 5.74) is 10.3. The molecule has 1 aliphatic heterocycles. The van der Waals surface area contributed by atoms with Crippen molar-refractivity contribution in [3.05, 3.63) is 172 Å². The van der Waals surface area contributed by atoms with E-state index < -0.39 is 11.0 Å². The molecule has 10 rings (SSSR count). The lowest BCUT2D eigenvalue weighted by Crippen LogP contribution is -2.35. The summed E-state index contributed by atoms with van der Waals surface area (Å²) in [4.78, 5) is 0. The van der Waals surface area contributed by atoms with E-state index in [1.165, 1.54) is 45.2 Å². The molecule has 2 aliphatic carbocycles. The number of ether oxygens (including phenoxy) is 2. The Morgan fingerprint density at radius 3 is 2.11 bits per heavy atom. The predicted molar refractivity (Wildman–Crippen MR) is 216 cm³/mol. The summed E-state index contributed by atoms with van der Waals surface area (Å²) in [5.74, 6) is 0.793. The van der Waals surface area contributed by atoms with Crippen molar-refractivity contribution < 1.29 is 18.3 Å². The van der Waals surface area contributed by atoms with Crippen LogP contribution in [0.1, 0.15) is 79.5 Å². The Morgan fingerprint density at radius 2 is 1.33 bits per heavy atom. The van der Waals surface area contributed by atoms with Gasteiger partial charge in [-0.25, -0.2) is 8.78 Å². The Bertz CT molecular complexity index is 2750. The first-order valence-corrected chi connectivity index (χ1v) is 19.0. The molecule has 0 bridgehead atoms. The standard InChI is InChI=1S/C50H40F2O2/c1-6-49(7-2)43-28-33(52)17-22-38(43)45-36-21-16-32(51)27-40(36)47-39(46(45)49)24-25-50(54-47,30-13-18-34(53-5)19-14-30)31-15-20-37-42(26-31)48(3,4)41-23-12-29-10-8-9-11-35(29)44(37)41/h8-28H,6-7H2,1-5H3. The summed E-state index contributed by atoms with van der Waals surface area (Å²) in [7, 11) is 1.67. The molecule has 0 spiro atoms. The second kappa shape index (κ2) is 11.4. The van der Waals surface area contributed by atoms with Gasteiger partial charge in [0.25, 0.3) is 0 Å². The fourth-order valence-electron chi connectivity index (χ4n) is 10.2. The Kier molecular flexibility index (Phi) is 6.93. The van der Waals surface area contributed by atoms with Gasteiger partial charge in [-0.15, -0.1) is 0 Å². The maximum Gasteiger partial charge on any atom is 0.178 e. The third kappa shape index (κ3) is 4.20. The molecule has 0 fully saturated rings. The quantitative estimate of drug-likeness (QED) is 0.177. The van der Waals surface area contributed by atoms with Gasteiger partial charge in [-0.05, 0) is 122 Å².